The van der Waals surface area contributed by atoms with Gasteiger partial charge in [0.1, 0.15) is 0 Å². The van der Waals surface area contributed by atoms with Crippen molar-refractivity contribution in [3.05, 3.63) is 65.9 Å². The Kier molecular flexibility index (Phi) is 4.16. The van der Waals surface area contributed by atoms with Crippen LogP contribution >= 0.6 is 0 Å². The average Bonchev–Trinajstić information content (AvgIpc) is 3.25. The van der Waals surface area contributed by atoms with E-state index in [1.54, 1.807) is 17.2 Å². The van der Waals surface area contributed by atoms with Crippen molar-refractivity contribution < 1.29 is 9.59 Å². The lowest BCUT2D eigenvalue weighted by Gasteiger charge is -2.25. The summed E-state index contributed by atoms with van der Waals surface area (Å²) in [5.74, 6) is -0.0118. The second kappa shape index (κ2) is 6.63. The van der Waals surface area contributed by atoms with Gasteiger partial charge in [0.05, 0.1) is 23.3 Å². The van der Waals surface area contributed by atoms with Crippen molar-refractivity contribution in [1.82, 2.24) is 20.4 Å². The van der Waals surface area contributed by atoms with E-state index in [1.807, 2.05) is 49.5 Å². The zero-order valence-corrected chi connectivity index (χ0v) is 14.5. The maximum absolute atomic E-state index is 12.7. The molecule has 2 amide bonds. The van der Waals surface area contributed by atoms with E-state index in [9.17, 15) is 9.59 Å². The van der Waals surface area contributed by atoms with Crippen LogP contribution in [0.25, 0.3) is 10.9 Å². The van der Waals surface area contributed by atoms with Crippen molar-refractivity contribution in [3.63, 3.8) is 0 Å². The Balaban J connectivity index is 1.52. The molecule has 0 aliphatic carbocycles. The summed E-state index contributed by atoms with van der Waals surface area (Å²) in [6.07, 6.45) is 2.13. The largest absolute Gasteiger partial charge is 0.352 e. The van der Waals surface area contributed by atoms with Crippen molar-refractivity contribution in [2.45, 2.75) is 12.5 Å². The zero-order chi connectivity index (χ0) is 18.1. The highest BCUT2D eigenvalue weighted by molar-refractivity contribution is 6.05. The van der Waals surface area contributed by atoms with E-state index < -0.39 is 0 Å². The van der Waals surface area contributed by atoms with E-state index in [1.165, 1.54) is 0 Å². The Hall–Kier alpha value is -3.15. The Bertz CT molecular complexity index is 951. The lowest BCUT2D eigenvalue weighted by atomic mass is 9.93. The van der Waals surface area contributed by atoms with Crippen LogP contribution in [0.3, 0.4) is 0 Å². The minimum Gasteiger partial charge on any atom is -0.352 e. The van der Waals surface area contributed by atoms with E-state index >= 15 is 0 Å². The van der Waals surface area contributed by atoms with Crippen molar-refractivity contribution in [2.75, 3.05) is 13.6 Å². The van der Waals surface area contributed by atoms with Crippen molar-refractivity contribution >= 4 is 22.7 Å². The summed E-state index contributed by atoms with van der Waals surface area (Å²) in [7, 11) is 1.83. The number of amides is 2. The van der Waals surface area contributed by atoms with Crippen molar-refractivity contribution in [2.24, 2.45) is 5.92 Å². The molecule has 132 valence electrons. The number of rotatable bonds is 4. The lowest BCUT2D eigenvalue weighted by Crippen LogP contribution is -2.32. The molecule has 6 heteroatoms. The molecule has 1 aromatic heterocycles. The van der Waals surface area contributed by atoms with Crippen LogP contribution < -0.4 is 5.32 Å². The van der Waals surface area contributed by atoms with Crippen molar-refractivity contribution in [3.8, 4) is 0 Å². The first-order valence-electron chi connectivity index (χ1n) is 8.66. The molecule has 0 radical (unpaired) electrons. The molecule has 0 saturated carbocycles. The molecular formula is C20H20N4O2. The summed E-state index contributed by atoms with van der Waals surface area (Å²) >= 11 is 0. The number of likely N-dealkylation sites (tertiary alicyclic amines) is 1. The molecule has 26 heavy (non-hydrogen) atoms. The average molecular weight is 348 g/mol. The quantitative estimate of drug-likeness (QED) is 0.760. The van der Waals surface area contributed by atoms with Crippen molar-refractivity contribution in [1.29, 1.82) is 0 Å². The molecule has 1 aliphatic heterocycles. The topological polar surface area (TPSA) is 78.1 Å². The molecule has 2 heterocycles. The van der Waals surface area contributed by atoms with Gasteiger partial charge in [-0.1, -0.05) is 42.5 Å². The van der Waals surface area contributed by atoms with Crippen LogP contribution in [0.4, 0.5) is 0 Å². The van der Waals surface area contributed by atoms with Gasteiger partial charge in [-0.15, -0.1) is 0 Å². The first kappa shape index (κ1) is 16.3. The number of carbonyl (C=O) groups excluding carboxylic acids is 2. The van der Waals surface area contributed by atoms with Gasteiger partial charge < -0.3 is 10.2 Å². The Morgan fingerprint density at radius 3 is 2.85 bits per heavy atom. The predicted octanol–water partition coefficient (Wildman–Crippen LogP) is 2.51. The second-order valence-electron chi connectivity index (χ2n) is 6.67. The second-order valence-corrected chi connectivity index (χ2v) is 6.67. The summed E-state index contributed by atoms with van der Waals surface area (Å²) in [6.45, 7) is 0.443. The summed E-state index contributed by atoms with van der Waals surface area (Å²) < 4.78 is 0. The molecule has 1 fully saturated rings. The van der Waals surface area contributed by atoms with Gasteiger partial charge in [0, 0.05) is 31.3 Å². The van der Waals surface area contributed by atoms with Gasteiger partial charge in [0.25, 0.3) is 5.91 Å². The van der Waals surface area contributed by atoms with E-state index in [4.69, 9.17) is 0 Å². The van der Waals surface area contributed by atoms with Gasteiger partial charge in [-0.25, -0.2) is 0 Å². The van der Waals surface area contributed by atoms with Gasteiger partial charge in [0.2, 0.25) is 5.91 Å². The zero-order valence-electron chi connectivity index (χ0n) is 14.5. The standard InChI is InChI=1S/C20H20N4O2/c1-24-17(25)10-15(19(24)13-6-3-2-4-7-13)11-21-20(26)16-9-5-8-14-12-22-23-18(14)16/h2-9,12,15,19H,10-11H2,1H3,(H,21,26)(H,22,23)/t15-,19+/m0/s1. The minimum atomic E-state index is -0.159. The normalized spacial score (nSPS) is 19.9. The van der Waals surface area contributed by atoms with E-state index in [0.717, 1.165) is 16.5 Å². The minimum absolute atomic E-state index is 0.0213. The number of aromatic nitrogens is 2. The molecule has 2 N–H and O–H groups in total. The van der Waals surface area contributed by atoms with E-state index in [-0.39, 0.29) is 23.8 Å². The number of nitrogens with zero attached hydrogens (tertiary/aromatic N) is 2. The maximum atomic E-state index is 12.7. The monoisotopic (exact) mass is 348 g/mol. The third-order valence-electron chi connectivity index (χ3n) is 5.08. The number of fused-ring (bicyclic) bond motifs is 1. The number of H-pyrrole nitrogens is 1. The highest BCUT2D eigenvalue weighted by Gasteiger charge is 2.38. The molecule has 0 unspecified atom stereocenters. The number of hydrogen-bond donors (Lipinski definition) is 2. The van der Waals surface area contributed by atoms with Gasteiger partial charge in [-0.05, 0) is 11.6 Å². The Labute approximate surface area is 151 Å². The molecule has 4 rings (SSSR count). The third-order valence-corrected chi connectivity index (χ3v) is 5.08. The molecule has 6 nitrogen and oxygen atoms in total. The Morgan fingerprint density at radius 1 is 1.23 bits per heavy atom. The van der Waals surface area contributed by atoms with Gasteiger partial charge in [0.15, 0.2) is 0 Å². The third kappa shape index (κ3) is 2.83. The fourth-order valence-electron chi connectivity index (χ4n) is 3.76. The van der Waals surface area contributed by atoms with Crippen LogP contribution in [0, 0.1) is 5.92 Å². The number of carbonyl (C=O) groups is 2. The number of para-hydroxylation sites is 1. The van der Waals surface area contributed by atoms with Gasteiger partial charge >= 0.3 is 0 Å². The molecule has 2 aromatic carbocycles. The highest BCUT2D eigenvalue weighted by Crippen LogP contribution is 2.36. The SMILES string of the molecule is CN1C(=O)C[C@@H](CNC(=O)c2cccc3cn[nH]c23)[C@H]1c1ccccc1. The van der Waals surface area contributed by atoms with Crippen LogP contribution in [0.15, 0.2) is 54.7 Å². The van der Waals surface area contributed by atoms with Gasteiger partial charge in [-0.3, -0.25) is 14.7 Å². The van der Waals surface area contributed by atoms with Crippen LogP contribution in [-0.2, 0) is 4.79 Å². The maximum Gasteiger partial charge on any atom is 0.253 e. The van der Waals surface area contributed by atoms with Gasteiger partial charge in [-0.2, -0.15) is 5.10 Å². The van der Waals surface area contributed by atoms with E-state index in [0.29, 0.717) is 18.5 Å². The molecule has 0 spiro atoms. The number of aromatic amines is 1. The highest BCUT2D eigenvalue weighted by atomic mass is 16.2. The molecular weight excluding hydrogens is 328 g/mol. The first-order chi connectivity index (χ1) is 12.6. The predicted molar refractivity (Wildman–Crippen MR) is 98.5 cm³/mol. The molecule has 1 saturated heterocycles. The van der Waals surface area contributed by atoms with Crippen LogP contribution in [0.1, 0.15) is 28.4 Å². The molecule has 1 aliphatic rings. The summed E-state index contributed by atoms with van der Waals surface area (Å²) in [5.41, 5.74) is 2.38. The molecule has 3 aromatic rings. The summed E-state index contributed by atoms with van der Waals surface area (Å²) in [6, 6.07) is 15.5. The van der Waals surface area contributed by atoms with Crippen LogP contribution in [0.2, 0.25) is 0 Å². The first-order valence-corrected chi connectivity index (χ1v) is 8.66. The lowest BCUT2D eigenvalue weighted by molar-refractivity contribution is -0.127. The number of benzene rings is 2. The fraction of sp³-hybridized carbons (Fsp3) is 0.250. The fourth-order valence-corrected chi connectivity index (χ4v) is 3.76. The smallest absolute Gasteiger partial charge is 0.253 e. The summed E-state index contributed by atoms with van der Waals surface area (Å²) in [4.78, 5) is 26.7. The van der Waals surface area contributed by atoms with Crippen LogP contribution in [-0.4, -0.2) is 40.5 Å². The van der Waals surface area contributed by atoms with E-state index in [2.05, 4.69) is 15.5 Å². The molecule has 2 atom stereocenters. The summed E-state index contributed by atoms with van der Waals surface area (Å²) in [5, 5.41) is 10.8. The molecule has 0 bridgehead atoms. The number of hydrogen-bond acceptors (Lipinski definition) is 3. The Morgan fingerprint density at radius 2 is 2.04 bits per heavy atom. The number of nitrogens with one attached hydrogen (secondary N) is 2. The van der Waals surface area contributed by atoms with Crippen LogP contribution in [0.5, 0.6) is 0 Å².